The van der Waals surface area contributed by atoms with Crippen LogP contribution in [0.2, 0.25) is 0 Å². The molecule has 1 saturated carbocycles. The second kappa shape index (κ2) is 6.44. The molecule has 0 unspecified atom stereocenters. The number of nitrogens with one attached hydrogen (secondary N) is 1. The van der Waals surface area contributed by atoms with Crippen molar-refractivity contribution in [1.29, 1.82) is 0 Å². The van der Waals surface area contributed by atoms with Crippen LogP contribution in [-0.4, -0.2) is 10.9 Å². The van der Waals surface area contributed by atoms with E-state index in [1.807, 2.05) is 36.4 Å². The number of fused-ring (bicyclic) bond motifs is 1. The molecule has 24 heavy (non-hydrogen) atoms. The van der Waals surface area contributed by atoms with Crippen molar-refractivity contribution in [2.75, 3.05) is 5.32 Å². The van der Waals surface area contributed by atoms with Gasteiger partial charge < -0.3 is 5.32 Å². The van der Waals surface area contributed by atoms with E-state index in [1.54, 1.807) is 12.4 Å². The fourth-order valence-corrected chi connectivity index (χ4v) is 3.59. The normalized spacial score (nSPS) is 14.8. The maximum Gasteiger partial charge on any atom is 0.255 e. The Morgan fingerprint density at radius 3 is 2.58 bits per heavy atom. The highest BCUT2D eigenvalue weighted by Gasteiger charge is 2.17. The Morgan fingerprint density at radius 2 is 1.79 bits per heavy atom. The van der Waals surface area contributed by atoms with Gasteiger partial charge in [-0.2, -0.15) is 0 Å². The van der Waals surface area contributed by atoms with Crippen molar-refractivity contribution in [2.45, 2.75) is 31.6 Å². The van der Waals surface area contributed by atoms with Gasteiger partial charge in [0, 0.05) is 34.4 Å². The van der Waals surface area contributed by atoms with Crippen LogP contribution in [0.15, 0.2) is 60.9 Å². The molecule has 1 N–H and O–H groups in total. The summed E-state index contributed by atoms with van der Waals surface area (Å²) < 4.78 is 0. The summed E-state index contributed by atoms with van der Waals surface area (Å²) in [7, 11) is 0. The van der Waals surface area contributed by atoms with Gasteiger partial charge in [-0.05, 0) is 48.6 Å². The molecule has 0 aliphatic heterocycles. The van der Waals surface area contributed by atoms with Gasteiger partial charge in [-0.15, -0.1) is 0 Å². The van der Waals surface area contributed by atoms with E-state index in [1.165, 1.54) is 31.2 Å². The van der Waals surface area contributed by atoms with Gasteiger partial charge in [0.2, 0.25) is 0 Å². The van der Waals surface area contributed by atoms with Crippen LogP contribution >= 0.6 is 0 Å². The first-order valence-corrected chi connectivity index (χ1v) is 8.55. The third kappa shape index (κ3) is 2.90. The van der Waals surface area contributed by atoms with E-state index in [2.05, 4.69) is 22.4 Å². The average molecular weight is 316 g/mol. The lowest BCUT2D eigenvalue weighted by molar-refractivity contribution is 0.102. The molecule has 1 aliphatic rings. The molecule has 4 rings (SSSR count). The largest absolute Gasteiger partial charge is 0.321 e. The van der Waals surface area contributed by atoms with Gasteiger partial charge in [-0.25, -0.2) is 0 Å². The Morgan fingerprint density at radius 1 is 1.00 bits per heavy atom. The lowest BCUT2D eigenvalue weighted by atomic mass is 9.96. The number of rotatable bonds is 3. The topological polar surface area (TPSA) is 42.0 Å². The number of benzene rings is 2. The van der Waals surface area contributed by atoms with Crippen LogP contribution in [0.3, 0.4) is 0 Å². The minimum atomic E-state index is -0.0720. The summed E-state index contributed by atoms with van der Waals surface area (Å²) in [5.41, 5.74) is 2.88. The van der Waals surface area contributed by atoms with Gasteiger partial charge in [0.25, 0.3) is 5.91 Å². The molecule has 120 valence electrons. The minimum Gasteiger partial charge on any atom is -0.321 e. The van der Waals surface area contributed by atoms with Crippen molar-refractivity contribution in [3.8, 4) is 0 Å². The molecule has 3 nitrogen and oxygen atoms in total. The Hall–Kier alpha value is -2.68. The summed E-state index contributed by atoms with van der Waals surface area (Å²) in [6.45, 7) is 0. The van der Waals surface area contributed by atoms with Crippen LogP contribution in [0.4, 0.5) is 5.69 Å². The fourth-order valence-electron chi connectivity index (χ4n) is 3.59. The first-order valence-electron chi connectivity index (χ1n) is 8.55. The van der Waals surface area contributed by atoms with E-state index in [0.29, 0.717) is 11.5 Å². The molecule has 0 atom stereocenters. The molecule has 0 bridgehead atoms. The van der Waals surface area contributed by atoms with E-state index in [9.17, 15) is 4.79 Å². The second-order valence-corrected chi connectivity index (χ2v) is 6.46. The van der Waals surface area contributed by atoms with Gasteiger partial charge in [0.05, 0.1) is 0 Å². The van der Waals surface area contributed by atoms with E-state index in [-0.39, 0.29) is 5.91 Å². The summed E-state index contributed by atoms with van der Waals surface area (Å²) in [5.74, 6) is 0.602. The van der Waals surface area contributed by atoms with Crippen molar-refractivity contribution in [3.05, 3.63) is 72.1 Å². The van der Waals surface area contributed by atoms with E-state index in [4.69, 9.17) is 0 Å². The van der Waals surface area contributed by atoms with Crippen LogP contribution in [-0.2, 0) is 0 Å². The quantitative estimate of drug-likeness (QED) is 0.726. The van der Waals surface area contributed by atoms with Gasteiger partial charge in [0.15, 0.2) is 0 Å². The molecule has 0 spiro atoms. The van der Waals surface area contributed by atoms with Crippen molar-refractivity contribution in [1.82, 2.24) is 4.98 Å². The van der Waals surface area contributed by atoms with E-state index in [0.717, 1.165) is 16.5 Å². The molecule has 1 fully saturated rings. The molecule has 0 saturated heterocycles. The third-order valence-corrected chi connectivity index (χ3v) is 4.93. The number of pyridine rings is 1. The maximum atomic E-state index is 12.6. The number of nitrogens with zero attached hydrogens (tertiary/aromatic N) is 1. The van der Waals surface area contributed by atoms with Crippen LogP contribution in [0.25, 0.3) is 10.8 Å². The maximum absolute atomic E-state index is 12.6. The first-order chi connectivity index (χ1) is 11.8. The monoisotopic (exact) mass is 316 g/mol. The Balaban J connectivity index is 1.55. The first kappa shape index (κ1) is 14.9. The van der Waals surface area contributed by atoms with E-state index < -0.39 is 0 Å². The SMILES string of the molecule is O=C(Nc1cccc2cnccc12)c1ccc(C2CCCC2)cc1. The Kier molecular flexibility index (Phi) is 3.99. The number of carbonyl (C=O) groups is 1. The van der Waals surface area contributed by atoms with Crippen molar-refractivity contribution < 1.29 is 4.79 Å². The zero-order chi connectivity index (χ0) is 16.4. The summed E-state index contributed by atoms with van der Waals surface area (Å²) in [6.07, 6.45) is 8.74. The predicted molar refractivity (Wildman–Crippen MR) is 97.3 cm³/mol. The highest BCUT2D eigenvalue weighted by molar-refractivity contribution is 6.09. The molecule has 1 heterocycles. The number of amides is 1. The van der Waals surface area contributed by atoms with Crippen molar-refractivity contribution >= 4 is 22.4 Å². The molecule has 0 radical (unpaired) electrons. The zero-order valence-electron chi connectivity index (χ0n) is 13.5. The highest BCUT2D eigenvalue weighted by atomic mass is 16.1. The average Bonchev–Trinajstić information content (AvgIpc) is 3.17. The molecule has 1 aliphatic carbocycles. The number of hydrogen-bond donors (Lipinski definition) is 1. The summed E-state index contributed by atoms with van der Waals surface area (Å²) >= 11 is 0. The third-order valence-electron chi connectivity index (χ3n) is 4.93. The summed E-state index contributed by atoms with van der Waals surface area (Å²) in [6, 6.07) is 15.9. The van der Waals surface area contributed by atoms with Crippen molar-refractivity contribution in [3.63, 3.8) is 0 Å². The summed E-state index contributed by atoms with van der Waals surface area (Å²) in [4.78, 5) is 16.7. The fraction of sp³-hybridized carbons (Fsp3) is 0.238. The molecule has 2 aromatic carbocycles. The van der Waals surface area contributed by atoms with Gasteiger partial charge in [0.1, 0.15) is 0 Å². The molecule has 3 aromatic rings. The summed E-state index contributed by atoms with van der Waals surface area (Å²) in [5, 5.41) is 5.05. The van der Waals surface area contributed by atoms with Gasteiger partial charge in [-0.1, -0.05) is 37.1 Å². The van der Waals surface area contributed by atoms with Crippen LogP contribution in [0.1, 0.15) is 47.5 Å². The second-order valence-electron chi connectivity index (χ2n) is 6.46. The lowest BCUT2D eigenvalue weighted by Crippen LogP contribution is -2.12. The predicted octanol–water partition coefficient (Wildman–Crippen LogP) is 5.14. The smallest absolute Gasteiger partial charge is 0.255 e. The number of anilines is 1. The Labute approximate surface area is 141 Å². The van der Waals surface area contributed by atoms with E-state index >= 15 is 0 Å². The molecular weight excluding hydrogens is 296 g/mol. The molecule has 3 heteroatoms. The standard InChI is InChI=1S/C21H20N2O/c24-21(17-10-8-16(9-11-17)15-4-1-2-5-15)23-20-7-3-6-18-14-22-13-12-19(18)20/h3,6-15H,1-2,4-5H2,(H,23,24). The van der Waals surface area contributed by atoms with Gasteiger partial charge >= 0.3 is 0 Å². The number of aromatic nitrogens is 1. The molecule has 1 aromatic heterocycles. The minimum absolute atomic E-state index is 0.0720. The van der Waals surface area contributed by atoms with Crippen LogP contribution in [0, 0.1) is 0 Å². The number of carbonyl (C=O) groups excluding carboxylic acids is 1. The van der Waals surface area contributed by atoms with Gasteiger partial charge in [-0.3, -0.25) is 9.78 Å². The number of hydrogen-bond acceptors (Lipinski definition) is 2. The zero-order valence-corrected chi connectivity index (χ0v) is 13.5. The highest BCUT2D eigenvalue weighted by Crippen LogP contribution is 2.34. The van der Waals surface area contributed by atoms with Crippen LogP contribution in [0.5, 0.6) is 0 Å². The molecular formula is C21H20N2O. The lowest BCUT2D eigenvalue weighted by Gasteiger charge is -2.11. The Bertz CT molecular complexity index is 859. The van der Waals surface area contributed by atoms with Crippen LogP contribution < -0.4 is 5.32 Å². The molecule has 1 amide bonds. The van der Waals surface area contributed by atoms with Crippen molar-refractivity contribution in [2.24, 2.45) is 0 Å².